The van der Waals surface area contributed by atoms with Crippen molar-refractivity contribution < 1.29 is 9.59 Å². The lowest BCUT2D eigenvalue weighted by molar-refractivity contribution is 0.223. The summed E-state index contributed by atoms with van der Waals surface area (Å²) in [6, 6.07) is 15.1. The molecule has 0 aliphatic heterocycles. The van der Waals surface area contributed by atoms with Crippen molar-refractivity contribution in [3.63, 3.8) is 0 Å². The number of amides is 4. The highest BCUT2D eigenvalue weighted by Gasteiger charge is 2.22. The molecule has 172 valence electrons. The highest BCUT2D eigenvalue weighted by atomic mass is 16.2. The summed E-state index contributed by atoms with van der Waals surface area (Å²) >= 11 is 0. The molecule has 1 fully saturated rings. The van der Waals surface area contributed by atoms with Crippen molar-refractivity contribution in [2.24, 2.45) is 11.8 Å². The first-order valence-corrected chi connectivity index (χ1v) is 11.2. The van der Waals surface area contributed by atoms with E-state index >= 15 is 0 Å². The fourth-order valence-corrected chi connectivity index (χ4v) is 3.87. The van der Waals surface area contributed by atoms with Gasteiger partial charge in [-0.2, -0.15) is 0 Å². The molecule has 2 atom stereocenters. The van der Waals surface area contributed by atoms with Gasteiger partial charge in [0.05, 0.1) is 11.4 Å². The Hall–Kier alpha value is -3.42. The Morgan fingerprint density at radius 2 is 1.12 bits per heavy atom. The summed E-state index contributed by atoms with van der Waals surface area (Å²) in [6.07, 6.45) is 4.26. The van der Waals surface area contributed by atoms with Gasteiger partial charge >= 0.3 is 12.1 Å². The van der Waals surface area contributed by atoms with Crippen molar-refractivity contribution in [1.82, 2.24) is 21.5 Å². The van der Waals surface area contributed by atoms with E-state index < -0.39 is 0 Å². The van der Waals surface area contributed by atoms with Crippen molar-refractivity contribution >= 4 is 23.4 Å². The summed E-state index contributed by atoms with van der Waals surface area (Å²) in [6.45, 7) is 5.29. The first kappa shape index (κ1) is 23.2. The topological polar surface area (TPSA) is 106 Å². The zero-order chi connectivity index (χ0) is 22.8. The average Bonchev–Trinajstić information content (AvgIpc) is 2.81. The van der Waals surface area contributed by atoms with E-state index in [0.717, 1.165) is 37.1 Å². The second-order valence-corrected chi connectivity index (χ2v) is 8.55. The number of urea groups is 2. The van der Waals surface area contributed by atoms with Crippen LogP contribution in [-0.4, -0.2) is 25.2 Å². The number of hydrogen-bond acceptors (Lipinski definition) is 4. The number of carbonyl (C=O) groups excluding carboxylic acids is 2. The number of hydrogen-bond donors (Lipinski definition) is 6. The molecule has 6 N–H and O–H groups in total. The van der Waals surface area contributed by atoms with Gasteiger partial charge in [-0.25, -0.2) is 9.59 Å². The number of anilines is 2. The summed E-state index contributed by atoms with van der Waals surface area (Å²) in [7, 11) is 0. The van der Waals surface area contributed by atoms with Gasteiger partial charge in [0.1, 0.15) is 0 Å². The normalized spacial score (nSPS) is 17.7. The second kappa shape index (κ2) is 11.8. The first-order valence-electron chi connectivity index (χ1n) is 11.2. The van der Waals surface area contributed by atoms with E-state index in [2.05, 4.69) is 32.3 Å². The van der Waals surface area contributed by atoms with E-state index in [9.17, 15) is 9.59 Å². The van der Waals surface area contributed by atoms with Crippen LogP contribution in [0.5, 0.6) is 0 Å². The van der Waals surface area contributed by atoms with Gasteiger partial charge in [-0.1, -0.05) is 41.8 Å². The molecular formula is C24H34N6O2. The van der Waals surface area contributed by atoms with Crippen LogP contribution in [0.4, 0.5) is 21.0 Å². The van der Waals surface area contributed by atoms with Crippen LogP contribution in [0.2, 0.25) is 0 Å². The van der Waals surface area contributed by atoms with Crippen LogP contribution in [0.1, 0.15) is 36.8 Å². The Kier molecular flexibility index (Phi) is 8.60. The first-order chi connectivity index (χ1) is 15.5. The van der Waals surface area contributed by atoms with E-state index in [1.807, 2.05) is 62.4 Å². The highest BCUT2D eigenvalue weighted by Crippen LogP contribution is 2.28. The van der Waals surface area contributed by atoms with Gasteiger partial charge in [0.25, 0.3) is 0 Å². The van der Waals surface area contributed by atoms with Gasteiger partial charge in [0.15, 0.2) is 0 Å². The lowest BCUT2D eigenvalue weighted by Crippen LogP contribution is -2.43. The standard InChI is InChI=1S/C24H34N6O2/c1-17-6-10-21(11-7-17)27-29-23(31)25-15-19-4-3-5-20(14-19)16-26-24(32)30-28-22-12-8-18(2)9-13-22/h6-13,19-20,27-28H,3-5,14-16H2,1-2H3,(H2,25,29,31)(H2,26,30,32)/t19-,20+. The Labute approximate surface area is 189 Å². The zero-order valence-electron chi connectivity index (χ0n) is 18.8. The van der Waals surface area contributed by atoms with Crippen molar-refractivity contribution in [3.8, 4) is 0 Å². The van der Waals surface area contributed by atoms with Crippen LogP contribution in [0.25, 0.3) is 0 Å². The maximum atomic E-state index is 12.1. The van der Waals surface area contributed by atoms with Gasteiger partial charge in [-0.3, -0.25) is 21.7 Å². The van der Waals surface area contributed by atoms with Gasteiger partial charge in [-0.05, 0) is 69.2 Å². The summed E-state index contributed by atoms with van der Waals surface area (Å²) in [5, 5.41) is 5.88. The Morgan fingerprint density at radius 1 is 0.719 bits per heavy atom. The molecule has 3 rings (SSSR count). The third-order valence-electron chi connectivity index (χ3n) is 5.74. The maximum absolute atomic E-state index is 12.1. The predicted molar refractivity (Wildman–Crippen MR) is 128 cm³/mol. The van der Waals surface area contributed by atoms with Crippen molar-refractivity contribution in [1.29, 1.82) is 0 Å². The third-order valence-corrected chi connectivity index (χ3v) is 5.74. The minimum absolute atomic E-state index is 0.243. The molecule has 4 amide bonds. The number of benzene rings is 2. The molecule has 1 aliphatic carbocycles. The summed E-state index contributed by atoms with van der Waals surface area (Å²) in [5.74, 6) is 0.823. The molecule has 0 bridgehead atoms. The lowest BCUT2D eigenvalue weighted by Gasteiger charge is -2.29. The molecule has 32 heavy (non-hydrogen) atoms. The monoisotopic (exact) mass is 438 g/mol. The Balaban J connectivity index is 1.30. The Morgan fingerprint density at radius 3 is 1.53 bits per heavy atom. The minimum Gasteiger partial charge on any atom is -0.336 e. The number of rotatable bonds is 8. The van der Waals surface area contributed by atoms with Crippen molar-refractivity contribution in [3.05, 3.63) is 59.7 Å². The largest absolute Gasteiger partial charge is 0.336 e. The van der Waals surface area contributed by atoms with Gasteiger partial charge in [0.2, 0.25) is 0 Å². The van der Waals surface area contributed by atoms with Crippen LogP contribution in [-0.2, 0) is 0 Å². The molecular weight excluding hydrogens is 404 g/mol. The van der Waals surface area contributed by atoms with Crippen molar-refractivity contribution in [2.45, 2.75) is 39.5 Å². The molecule has 0 saturated heterocycles. The molecule has 1 aliphatic rings. The molecule has 2 aromatic carbocycles. The number of nitrogens with one attached hydrogen (secondary N) is 6. The molecule has 2 aromatic rings. The molecule has 0 unspecified atom stereocenters. The molecule has 0 radical (unpaired) electrons. The van der Waals surface area contributed by atoms with Gasteiger partial charge in [0, 0.05) is 13.1 Å². The van der Waals surface area contributed by atoms with Gasteiger partial charge in [-0.15, -0.1) is 0 Å². The summed E-state index contributed by atoms with van der Waals surface area (Å²) < 4.78 is 0. The van der Waals surface area contributed by atoms with E-state index in [0.29, 0.717) is 24.9 Å². The van der Waals surface area contributed by atoms with E-state index in [4.69, 9.17) is 0 Å². The average molecular weight is 439 g/mol. The van der Waals surface area contributed by atoms with Crippen LogP contribution in [0.3, 0.4) is 0 Å². The lowest BCUT2D eigenvalue weighted by atomic mass is 9.81. The maximum Gasteiger partial charge on any atom is 0.333 e. The summed E-state index contributed by atoms with van der Waals surface area (Å²) in [4.78, 5) is 24.1. The quantitative estimate of drug-likeness (QED) is 0.350. The van der Waals surface area contributed by atoms with Crippen LogP contribution in [0, 0.1) is 25.7 Å². The molecule has 0 heterocycles. The Bertz CT molecular complexity index is 798. The molecule has 1 saturated carbocycles. The second-order valence-electron chi connectivity index (χ2n) is 8.55. The van der Waals surface area contributed by atoms with Crippen LogP contribution < -0.4 is 32.3 Å². The number of hydrazine groups is 2. The number of aryl methyl sites for hydroxylation is 2. The van der Waals surface area contributed by atoms with E-state index in [1.54, 1.807) is 0 Å². The summed E-state index contributed by atoms with van der Waals surface area (Å²) in [5.41, 5.74) is 15.2. The van der Waals surface area contributed by atoms with Crippen molar-refractivity contribution in [2.75, 3.05) is 23.9 Å². The SMILES string of the molecule is Cc1ccc(NNC(=O)NC[C@H]2CCC[C@@H](CNC(=O)NNc3ccc(C)cc3)C2)cc1. The zero-order valence-corrected chi connectivity index (χ0v) is 18.8. The fourth-order valence-electron chi connectivity index (χ4n) is 3.87. The molecule has 0 aromatic heterocycles. The smallest absolute Gasteiger partial charge is 0.333 e. The number of carbonyl (C=O) groups is 2. The van der Waals surface area contributed by atoms with Gasteiger partial charge < -0.3 is 10.6 Å². The fraction of sp³-hybridized carbons (Fsp3) is 0.417. The molecule has 0 spiro atoms. The molecule has 8 nitrogen and oxygen atoms in total. The van der Waals surface area contributed by atoms with E-state index in [-0.39, 0.29) is 12.1 Å². The van der Waals surface area contributed by atoms with Crippen LogP contribution in [0.15, 0.2) is 48.5 Å². The third kappa shape index (κ3) is 8.02. The highest BCUT2D eigenvalue weighted by molar-refractivity contribution is 5.76. The minimum atomic E-state index is -0.243. The predicted octanol–water partition coefficient (Wildman–Crippen LogP) is 4.06. The molecule has 8 heteroatoms. The van der Waals surface area contributed by atoms with E-state index in [1.165, 1.54) is 11.1 Å². The van der Waals surface area contributed by atoms with Crippen LogP contribution >= 0.6 is 0 Å².